The third-order valence-electron chi connectivity index (χ3n) is 5.52. The van der Waals surface area contributed by atoms with E-state index in [1.165, 1.54) is 12.1 Å². The molecule has 0 aromatic heterocycles. The lowest BCUT2D eigenvalue weighted by molar-refractivity contribution is -0.133. The Labute approximate surface area is 194 Å². The van der Waals surface area contributed by atoms with Crippen molar-refractivity contribution >= 4 is 27.3 Å². The van der Waals surface area contributed by atoms with Gasteiger partial charge in [0, 0.05) is 37.6 Å². The van der Waals surface area contributed by atoms with Crippen LogP contribution >= 0.6 is 0 Å². The van der Waals surface area contributed by atoms with Gasteiger partial charge in [0.05, 0.1) is 4.90 Å². The summed E-state index contributed by atoms with van der Waals surface area (Å²) < 4.78 is 33.4. The Kier molecular flexibility index (Phi) is 6.84. The van der Waals surface area contributed by atoms with E-state index in [-0.39, 0.29) is 17.4 Å². The Morgan fingerprint density at radius 1 is 0.909 bits per heavy atom. The van der Waals surface area contributed by atoms with Gasteiger partial charge in [0.25, 0.3) is 15.9 Å². The zero-order valence-corrected chi connectivity index (χ0v) is 19.3. The van der Waals surface area contributed by atoms with Crippen LogP contribution in [0.1, 0.15) is 5.56 Å². The lowest BCUT2D eigenvalue weighted by atomic mass is 10.2. The molecule has 3 aromatic rings. The number of anilines is 2. The quantitative estimate of drug-likeness (QED) is 0.578. The number of rotatable bonds is 7. The predicted molar refractivity (Wildman–Crippen MR) is 129 cm³/mol. The molecule has 0 radical (unpaired) electrons. The topological polar surface area (TPSA) is 78.9 Å². The van der Waals surface area contributed by atoms with E-state index in [2.05, 4.69) is 21.8 Å². The Bertz CT molecular complexity index is 1190. The first-order valence-corrected chi connectivity index (χ1v) is 12.3. The van der Waals surface area contributed by atoms with Crippen molar-refractivity contribution in [2.75, 3.05) is 42.4 Å². The number of hydrogen-bond donors (Lipinski definition) is 1. The van der Waals surface area contributed by atoms with Gasteiger partial charge in [0.1, 0.15) is 5.75 Å². The predicted octanol–water partition coefficient (Wildman–Crippen LogP) is 3.52. The summed E-state index contributed by atoms with van der Waals surface area (Å²) in [6.45, 7) is 4.64. The molecule has 1 aliphatic heterocycles. The Balaban J connectivity index is 1.28. The minimum atomic E-state index is -3.71. The molecule has 0 unspecified atom stereocenters. The molecule has 0 atom stereocenters. The van der Waals surface area contributed by atoms with E-state index in [0.717, 1.165) is 24.3 Å². The van der Waals surface area contributed by atoms with E-state index in [1.54, 1.807) is 35.2 Å². The number of nitrogens with one attached hydrogen (secondary N) is 1. The fourth-order valence-corrected chi connectivity index (χ4v) is 4.78. The van der Waals surface area contributed by atoms with E-state index in [1.807, 2.05) is 31.2 Å². The van der Waals surface area contributed by atoms with E-state index >= 15 is 0 Å². The number of carbonyl (C=O) groups excluding carboxylic acids is 1. The zero-order chi connectivity index (χ0) is 23.3. The summed E-state index contributed by atoms with van der Waals surface area (Å²) in [5, 5.41) is 0. The fraction of sp³-hybridized carbons (Fsp3) is 0.240. The Morgan fingerprint density at radius 2 is 1.61 bits per heavy atom. The lowest BCUT2D eigenvalue weighted by Gasteiger charge is -2.36. The first-order valence-electron chi connectivity index (χ1n) is 10.8. The monoisotopic (exact) mass is 465 g/mol. The third kappa shape index (κ3) is 5.84. The number of ether oxygens (including phenoxy) is 1. The molecule has 0 saturated carbocycles. The van der Waals surface area contributed by atoms with Gasteiger partial charge in [-0.25, -0.2) is 8.42 Å². The number of piperazine rings is 1. The summed E-state index contributed by atoms with van der Waals surface area (Å²) in [5.41, 5.74) is 2.63. The molecule has 1 amide bonds. The van der Waals surface area contributed by atoms with Crippen molar-refractivity contribution in [1.82, 2.24) is 4.90 Å². The van der Waals surface area contributed by atoms with Gasteiger partial charge in [-0.05, 0) is 61.0 Å². The van der Waals surface area contributed by atoms with Gasteiger partial charge in [-0.15, -0.1) is 0 Å². The van der Waals surface area contributed by atoms with Gasteiger partial charge in [-0.1, -0.05) is 30.3 Å². The summed E-state index contributed by atoms with van der Waals surface area (Å²) in [7, 11) is -3.71. The van der Waals surface area contributed by atoms with Crippen LogP contribution in [-0.4, -0.2) is 52.0 Å². The van der Waals surface area contributed by atoms with Crippen LogP contribution in [0.25, 0.3) is 0 Å². The highest BCUT2D eigenvalue weighted by atomic mass is 32.2. The second-order valence-corrected chi connectivity index (χ2v) is 9.62. The maximum Gasteiger partial charge on any atom is 0.261 e. The largest absolute Gasteiger partial charge is 0.484 e. The minimum Gasteiger partial charge on any atom is -0.484 e. The van der Waals surface area contributed by atoms with Crippen LogP contribution in [0.3, 0.4) is 0 Å². The summed E-state index contributed by atoms with van der Waals surface area (Å²) in [5.74, 6) is 0.362. The molecule has 7 nitrogen and oxygen atoms in total. The van der Waals surface area contributed by atoms with Crippen LogP contribution in [0.15, 0.2) is 83.8 Å². The summed E-state index contributed by atoms with van der Waals surface area (Å²) in [6.07, 6.45) is 0. The normalized spacial score (nSPS) is 14.1. The van der Waals surface area contributed by atoms with E-state index in [9.17, 15) is 13.2 Å². The standard InChI is InChI=1S/C25H27N3O4S/c1-20-6-5-7-21(18-20)26-33(30,31)24-12-10-23(11-13-24)32-19-25(29)28-16-14-27(15-17-28)22-8-3-2-4-9-22/h2-13,18,26H,14-17,19H2,1H3. The van der Waals surface area contributed by atoms with Crippen molar-refractivity contribution < 1.29 is 17.9 Å². The van der Waals surface area contributed by atoms with Crippen molar-refractivity contribution in [3.8, 4) is 5.75 Å². The summed E-state index contributed by atoms with van der Waals surface area (Å²) >= 11 is 0. The first-order chi connectivity index (χ1) is 15.9. The molecule has 1 N–H and O–H groups in total. The number of nitrogens with zero attached hydrogens (tertiary/aromatic N) is 2. The number of aryl methyl sites for hydroxylation is 1. The second-order valence-electron chi connectivity index (χ2n) is 7.94. The van der Waals surface area contributed by atoms with Crippen LogP contribution in [0.2, 0.25) is 0 Å². The molecule has 1 heterocycles. The molecular formula is C25H27N3O4S. The average Bonchev–Trinajstić information content (AvgIpc) is 2.83. The number of para-hydroxylation sites is 1. The van der Waals surface area contributed by atoms with Gasteiger partial charge in [-0.2, -0.15) is 0 Å². The molecule has 1 saturated heterocycles. The molecular weight excluding hydrogens is 438 g/mol. The van der Waals surface area contributed by atoms with Crippen molar-refractivity contribution in [1.29, 1.82) is 0 Å². The van der Waals surface area contributed by atoms with E-state index in [0.29, 0.717) is 24.5 Å². The van der Waals surface area contributed by atoms with Crippen LogP contribution in [0.4, 0.5) is 11.4 Å². The summed E-state index contributed by atoms with van der Waals surface area (Å²) in [4.78, 5) is 16.7. The van der Waals surface area contributed by atoms with Crippen LogP contribution in [0, 0.1) is 6.92 Å². The molecule has 0 bridgehead atoms. The highest BCUT2D eigenvalue weighted by Gasteiger charge is 2.21. The van der Waals surface area contributed by atoms with Gasteiger partial charge >= 0.3 is 0 Å². The van der Waals surface area contributed by atoms with Crippen molar-refractivity contribution in [3.05, 3.63) is 84.4 Å². The zero-order valence-electron chi connectivity index (χ0n) is 18.5. The molecule has 33 heavy (non-hydrogen) atoms. The van der Waals surface area contributed by atoms with Gasteiger partial charge < -0.3 is 14.5 Å². The molecule has 1 fully saturated rings. The van der Waals surface area contributed by atoms with Gasteiger partial charge in [0.15, 0.2) is 6.61 Å². The molecule has 1 aliphatic rings. The van der Waals surface area contributed by atoms with Crippen LogP contribution in [0.5, 0.6) is 5.75 Å². The lowest BCUT2D eigenvalue weighted by Crippen LogP contribution is -2.50. The van der Waals surface area contributed by atoms with Crippen molar-refractivity contribution in [2.45, 2.75) is 11.8 Å². The molecule has 8 heteroatoms. The van der Waals surface area contributed by atoms with Crippen LogP contribution < -0.4 is 14.4 Å². The molecule has 4 rings (SSSR count). The number of hydrogen-bond acceptors (Lipinski definition) is 5. The van der Waals surface area contributed by atoms with Crippen molar-refractivity contribution in [2.24, 2.45) is 0 Å². The maximum atomic E-state index is 12.6. The maximum absolute atomic E-state index is 12.6. The van der Waals surface area contributed by atoms with Gasteiger partial charge in [0.2, 0.25) is 0 Å². The number of amides is 1. The van der Waals surface area contributed by atoms with Crippen molar-refractivity contribution in [3.63, 3.8) is 0 Å². The number of benzene rings is 3. The molecule has 172 valence electrons. The fourth-order valence-electron chi connectivity index (χ4n) is 3.73. The highest BCUT2D eigenvalue weighted by molar-refractivity contribution is 7.92. The molecule has 0 aliphatic carbocycles. The number of sulfonamides is 1. The van der Waals surface area contributed by atoms with Gasteiger partial charge in [-0.3, -0.25) is 9.52 Å². The minimum absolute atomic E-state index is 0.0828. The van der Waals surface area contributed by atoms with Crippen LogP contribution in [-0.2, 0) is 14.8 Å². The SMILES string of the molecule is Cc1cccc(NS(=O)(=O)c2ccc(OCC(=O)N3CCN(c4ccccc4)CC3)cc2)c1. The Hall–Kier alpha value is -3.52. The third-order valence-corrected chi connectivity index (χ3v) is 6.92. The first kappa shape index (κ1) is 22.7. The average molecular weight is 466 g/mol. The smallest absolute Gasteiger partial charge is 0.261 e. The van der Waals surface area contributed by atoms with E-state index < -0.39 is 10.0 Å². The Morgan fingerprint density at radius 3 is 2.27 bits per heavy atom. The number of carbonyl (C=O) groups is 1. The second kappa shape index (κ2) is 9.95. The summed E-state index contributed by atoms with van der Waals surface area (Å²) in [6, 6.07) is 23.4. The molecule has 3 aromatic carbocycles. The molecule has 0 spiro atoms. The highest BCUT2D eigenvalue weighted by Crippen LogP contribution is 2.20. The van der Waals surface area contributed by atoms with E-state index in [4.69, 9.17) is 4.74 Å².